The molecule has 0 unspecified atom stereocenters. The number of benzene rings is 2. The number of sulfonamides is 1. The molecule has 0 aliphatic heterocycles. The van der Waals surface area contributed by atoms with E-state index in [1.54, 1.807) is 24.3 Å². The Morgan fingerprint density at radius 3 is 2.33 bits per heavy atom. The molecule has 0 aliphatic carbocycles. The summed E-state index contributed by atoms with van der Waals surface area (Å²) in [6.07, 6.45) is 0. The van der Waals surface area contributed by atoms with Crippen LogP contribution in [0.3, 0.4) is 0 Å². The predicted molar refractivity (Wildman–Crippen MR) is 93.0 cm³/mol. The summed E-state index contributed by atoms with van der Waals surface area (Å²) >= 11 is 6.57. The number of nitrogens with two attached hydrogens (primary N) is 1. The molecule has 2 rings (SSSR count). The minimum absolute atomic E-state index is 0.0662. The smallest absolute Gasteiger partial charge is 0.267 e. The second-order valence-electron chi connectivity index (χ2n) is 4.56. The van der Waals surface area contributed by atoms with Crippen molar-refractivity contribution in [3.8, 4) is 0 Å². The number of aryl methyl sites for hydroxylation is 1. The van der Waals surface area contributed by atoms with Gasteiger partial charge in [0, 0.05) is 16.0 Å². The molecule has 0 aromatic heterocycles. The molecule has 0 aliphatic rings. The van der Waals surface area contributed by atoms with Crippen molar-refractivity contribution in [3.63, 3.8) is 0 Å². The molecule has 0 radical (unpaired) electrons. The average molecular weight is 434 g/mol. The molecule has 0 saturated carbocycles. The molecule has 2 aromatic rings. The maximum Gasteiger partial charge on any atom is 0.267 e. The van der Waals surface area contributed by atoms with Crippen molar-refractivity contribution in [3.05, 3.63) is 50.9 Å². The average Bonchev–Trinajstić information content (AvgIpc) is 2.36. The van der Waals surface area contributed by atoms with Crippen molar-refractivity contribution in [2.75, 3.05) is 17.1 Å². The van der Waals surface area contributed by atoms with Crippen LogP contribution in [0, 0.1) is 6.92 Å². The van der Waals surface area contributed by atoms with Crippen molar-refractivity contribution in [1.29, 1.82) is 0 Å². The van der Waals surface area contributed by atoms with Gasteiger partial charge in [0.1, 0.15) is 4.90 Å². The lowest BCUT2D eigenvalue weighted by Gasteiger charge is -2.23. The third-order valence-corrected chi connectivity index (χ3v) is 6.35. The molecule has 2 N–H and O–H groups in total. The summed E-state index contributed by atoms with van der Waals surface area (Å²) in [6, 6.07) is 10.5. The van der Waals surface area contributed by atoms with E-state index in [9.17, 15) is 8.42 Å². The summed E-state index contributed by atoms with van der Waals surface area (Å²) in [5.41, 5.74) is 7.58. The third kappa shape index (κ3) is 3.09. The van der Waals surface area contributed by atoms with Gasteiger partial charge in [0.15, 0.2) is 0 Å². The number of rotatable bonds is 3. The topological polar surface area (TPSA) is 63.4 Å². The lowest BCUT2D eigenvalue weighted by Crippen LogP contribution is -2.28. The van der Waals surface area contributed by atoms with Crippen LogP contribution in [0.15, 0.2) is 50.2 Å². The standard InChI is InChI=1S/C14H14Br2N2O2S/c1-9-5-3-4-6-13(9)18(2)21(19,20)14-11(16)7-10(15)8-12(14)17/h3-8H,17H2,1-2H3. The number of hydrogen-bond acceptors (Lipinski definition) is 3. The minimum atomic E-state index is -3.75. The summed E-state index contributed by atoms with van der Waals surface area (Å²) in [6.45, 7) is 1.86. The summed E-state index contributed by atoms with van der Waals surface area (Å²) < 4.78 is 28.1. The highest BCUT2D eigenvalue weighted by Crippen LogP contribution is 2.35. The molecular weight excluding hydrogens is 420 g/mol. The number of hydrogen-bond donors (Lipinski definition) is 1. The Bertz CT molecular complexity index is 768. The van der Waals surface area contributed by atoms with E-state index in [2.05, 4.69) is 31.9 Å². The zero-order chi connectivity index (χ0) is 15.8. The number of halogens is 2. The monoisotopic (exact) mass is 432 g/mol. The Kier molecular flexibility index (Phi) is 4.65. The summed E-state index contributed by atoms with van der Waals surface area (Å²) in [4.78, 5) is 0.0662. The van der Waals surface area contributed by atoms with E-state index in [1.807, 2.05) is 19.1 Å². The zero-order valence-corrected chi connectivity index (χ0v) is 15.5. The van der Waals surface area contributed by atoms with Gasteiger partial charge in [-0.3, -0.25) is 4.31 Å². The predicted octanol–water partition coefficient (Wildman–Crippen LogP) is 3.93. The highest BCUT2D eigenvalue weighted by molar-refractivity contribution is 9.11. The van der Waals surface area contributed by atoms with E-state index in [-0.39, 0.29) is 10.6 Å². The van der Waals surface area contributed by atoms with E-state index in [1.165, 1.54) is 11.4 Å². The van der Waals surface area contributed by atoms with Crippen LogP contribution in [0.1, 0.15) is 5.56 Å². The Labute approximate surface area is 141 Å². The van der Waals surface area contributed by atoms with Gasteiger partial charge in [-0.05, 0) is 46.6 Å². The zero-order valence-electron chi connectivity index (χ0n) is 11.5. The number of para-hydroxylation sites is 1. The molecule has 0 atom stereocenters. The largest absolute Gasteiger partial charge is 0.398 e. The third-order valence-electron chi connectivity index (χ3n) is 3.11. The summed E-state index contributed by atoms with van der Waals surface area (Å²) in [5, 5.41) is 0. The highest BCUT2D eigenvalue weighted by Gasteiger charge is 2.27. The van der Waals surface area contributed by atoms with Gasteiger partial charge >= 0.3 is 0 Å². The van der Waals surface area contributed by atoms with Crippen molar-refractivity contribution >= 4 is 53.3 Å². The van der Waals surface area contributed by atoms with Crippen molar-refractivity contribution in [1.82, 2.24) is 0 Å². The first-order valence-corrected chi connectivity index (χ1v) is 9.07. The van der Waals surface area contributed by atoms with Crippen molar-refractivity contribution in [2.45, 2.75) is 11.8 Å². The fraction of sp³-hybridized carbons (Fsp3) is 0.143. The Morgan fingerprint density at radius 2 is 1.76 bits per heavy atom. The van der Waals surface area contributed by atoms with Gasteiger partial charge in [-0.25, -0.2) is 8.42 Å². The van der Waals surface area contributed by atoms with Gasteiger partial charge in [0.25, 0.3) is 10.0 Å². The maximum absolute atomic E-state index is 12.8. The Hall–Kier alpha value is -1.05. The van der Waals surface area contributed by atoms with Crippen LogP contribution in [-0.2, 0) is 10.0 Å². The van der Waals surface area contributed by atoms with Crippen LogP contribution in [0.25, 0.3) is 0 Å². The molecule has 7 heteroatoms. The van der Waals surface area contributed by atoms with Crippen LogP contribution in [0.2, 0.25) is 0 Å². The number of anilines is 2. The van der Waals surface area contributed by atoms with Gasteiger partial charge in [-0.2, -0.15) is 0 Å². The lowest BCUT2D eigenvalue weighted by molar-refractivity contribution is 0.594. The Morgan fingerprint density at radius 1 is 1.14 bits per heavy atom. The molecule has 0 heterocycles. The maximum atomic E-state index is 12.8. The van der Waals surface area contributed by atoms with Gasteiger partial charge in [-0.1, -0.05) is 34.1 Å². The van der Waals surface area contributed by atoms with Crippen LogP contribution >= 0.6 is 31.9 Å². The van der Waals surface area contributed by atoms with E-state index in [0.717, 1.165) is 5.56 Å². The molecule has 4 nitrogen and oxygen atoms in total. The minimum Gasteiger partial charge on any atom is -0.398 e. The fourth-order valence-electron chi connectivity index (χ4n) is 2.04. The molecule has 0 spiro atoms. The molecule has 0 fully saturated rings. The normalized spacial score (nSPS) is 11.4. The lowest BCUT2D eigenvalue weighted by atomic mass is 10.2. The SMILES string of the molecule is Cc1ccccc1N(C)S(=O)(=O)c1c(N)cc(Br)cc1Br. The van der Waals surface area contributed by atoms with Gasteiger partial charge in [0.2, 0.25) is 0 Å². The van der Waals surface area contributed by atoms with Crippen LogP contribution in [0.4, 0.5) is 11.4 Å². The van der Waals surface area contributed by atoms with Crippen molar-refractivity contribution < 1.29 is 8.42 Å². The Balaban J connectivity index is 2.61. The van der Waals surface area contributed by atoms with Gasteiger partial charge < -0.3 is 5.73 Å². The van der Waals surface area contributed by atoms with E-state index >= 15 is 0 Å². The van der Waals surface area contributed by atoms with Crippen molar-refractivity contribution in [2.24, 2.45) is 0 Å². The fourth-order valence-corrected chi connectivity index (χ4v) is 5.31. The number of nitrogens with zero attached hydrogens (tertiary/aromatic N) is 1. The van der Waals surface area contributed by atoms with Crippen LogP contribution in [0.5, 0.6) is 0 Å². The number of nitrogen functional groups attached to an aromatic ring is 1. The quantitative estimate of drug-likeness (QED) is 0.746. The summed E-state index contributed by atoms with van der Waals surface area (Å²) in [5.74, 6) is 0. The molecule has 21 heavy (non-hydrogen) atoms. The molecular formula is C14H14Br2N2O2S. The van der Waals surface area contributed by atoms with Crippen LogP contribution < -0.4 is 10.0 Å². The molecule has 0 saturated heterocycles. The second kappa shape index (κ2) is 5.98. The molecule has 2 aromatic carbocycles. The molecule has 112 valence electrons. The van der Waals surface area contributed by atoms with E-state index < -0.39 is 10.0 Å². The first-order chi connectivity index (χ1) is 9.75. The first kappa shape index (κ1) is 16.3. The first-order valence-electron chi connectivity index (χ1n) is 6.04. The highest BCUT2D eigenvalue weighted by atomic mass is 79.9. The summed E-state index contributed by atoms with van der Waals surface area (Å²) in [7, 11) is -2.23. The van der Waals surface area contributed by atoms with Crippen LogP contribution in [-0.4, -0.2) is 15.5 Å². The molecule has 0 amide bonds. The van der Waals surface area contributed by atoms with E-state index in [4.69, 9.17) is 5.73 Å². The molecule has 0 bridgehead atoms. The van der Waals surface area contributed by atoms with Gasteiger partial charge in [-0.15, -0.1) is 0 Å². The van der Waals surface area contributed by atoms with Gasteiger partial charge in [0.05, 0.1) is 11.4 Å². The second-order valence-corrected chi connectivity index (χ2v) is 8.24. The van der Waals surface area contributed by atoms with E-state index in [0.29, 0.717) is 14.6 Å².